The van der Waals surface area contributed by atoms with Gasteiger partial charge in [-0.1, -0.05) is 6.07 Å². The fourth-order valence-corrected chi connectivity index (χ4v) is 6.43. The van der Waals surface area contributed by atoms with Gasteiger partial charge in [-0.25, -0.2) is 18.2 Å². The summed E-state index contributed by atoms with van der Waals surface area (Å²) in [6.45, 7) is -0.557. The van der Waals surface area contributed by atoms with Gasteiger partial charge in [-0.3, -0.25) is 19.4 Å². The van der Waals surface area contributed by atoms with Gasteiger partial charge in [0, 0.05) is 54.7 Å². The van der Waals surface area contributed by atoms with E-state index in [0.717, 1.165) is 7.11 Å². The summed E-state index contributed by atoms with van der Waals surface area (Å²) >= 11 is 0. The molecule has 2 aromatic heterocycles. The molecule has 0 unspecified atom stereocenters. The zero-order chi connectivity index (χ0) is 32.8. The van der Waals surface area contributed by atoms with Gasteiger partial charge in [0.2, 0.25) is 11.8 Å². The van der Waals surface area contributed by atoms with Gasteiger partial charge in [-0.05, 0) is 49.6 Å². The number of alkyl halides is 3. The van der Waals surface area contributed by atoms with Crippen molar-refractivity contribution in [2.45, 2.75) is 55.8 Å². The van der Waals surface area contributed by atoms with Crippen LogP contribution in [0.2, 0.25) is 0 Å². The fraction of sp³-hybridized carbons (Fsp3) is 0.367. The molecule has 1 aromatic carbocycles. The van der Waals surface area contributed by atoms with Gasteiger partial charge in [0.25, 0.3) is 5.91 Å². The van der Waals surface area contributed by atoms with Crippen LogP contribution in [0.1, 0.15) is 52.0 Å². The molecule has 3 aromatic rings. The second-order valence-electron chi connectivity index (χ2n) is 11.1. The van der Waals surface area contributed by atoms with E-state index in [2.05, 4.69) is 20.6 Å². The van der Waals surface area contributed by atoms with E-state index in [4.69, 9.17) is 5.11 Å². The monoisotopic (exact) mass is 635 g/mol. The first-order chi connectivity index (χ1) is 21.3. The SMILES string of the molecule is CO.C[C@@H]1[C@H](c2c(F)ccc(F)c2F)C[C@H](NC(=O)c2cnc3c(c2)C[C@@]2(C3)C(=O)Nc3ncccc32)C(=O)N1CC(F)(F)F. The van der Waals surface area contributed by atoms with Crippen LogP contribution < -0.4 is 10.6 Å². The van der Waals surface area contributed by atoms with Crippen molar-refractivity contribution in [3.63, 3.8) is 0 Å². The number of amides is 3. The molecule has 45 heavy (non-hydrogen) atoms. The molecule has 15 heteroatoms. The van der Waals surface area contributed by atoms with Crippen molar-refractivity contribution in [2.24, 2.45) is 0 Å². The number of aliphatic hydroxyl groups is 1. The van der Waals surface area contributed by atoms with Crippen LogP contribution in [-0.2, 0) is 27.8 Å². The predicted molar refractivity (Wildman–Crippen MR) is 146 cm³/mol. The number of hydrogen-bond acceptors (Lipinski definition) is 6. The number of carbonyl (C=O) groups excluding carboxylic acids is 3. The van der Waals surface area contributed by atoms with Crippen molar-refractivity contribution in [1.82, 2.24) is 20.2 Å². The number of halogens is 6. The van der Waals surface area contributed by atoms with E-state index in [9.17, 15) is 40.7 Å². The zero-order valence-electron chi connectivity index (χ0n) is 23.9. The Labute approximate surface area is 252 Å². The van der Waals surface area contributed by atoms with Crippen molar-refractivity contribution >= 4 is 23.5 Å². The lowest BCUT2D eigenvalue weighted by Gasteiger charge is -2.43. The van der Waals surface area contributed by atoms with Crippen molar-refractivity contribution < 1.29 is 45.8 Å². The summed E-state index contributed by atoms with van der Waals surface area (Å²) in [5, 5.41) is 12.1. The van der Waals surface area contributed by atoms with Gasteiger partial charge in [-0.15, -0.1) is 0 Å². The molecule has 9 nitrogen and oxygen atoms in total. The normalized spacial score (nSPS) is 23.7. The Kier molecular flexibility index (Phi) is 8.33. The molecule has 4 atom stereocenters. The Morgan fingerprint density at radius 2 is 1.82 bits per heavy atom. The Morgan fingerprint density at radius 1 is 1.11 bits per heavy atom. The van der Waals surface area contributed by atoms with E-state index >= 15 is 0 Å². The number of piperidine rings is 1. The van der Waals surface area contributed by atoms with Gasteiger partial charge < -0.3 is 20.6 Å². The van der Waals surface area contributed by atoms with Crippen LogP contribution >= 0.6 is 0 Å². The van der Waals surface area contributed by atoms with Crippen LogP contribution in [0.3, 0.4) is 0 Å². The number of nitrogens with one attached hydrogen (secondary N) is 2. The number of hydrogen-bond donors (Lipinski definition) is 3. The Bertz CT molecular complexity index is 1680. The van der Waals surface area contributed by atoms with Crippen LogP contribution in [-0.4, -0.2) is 69.6 Å². The molecule has 6 rings (SSSR count). The molecule has 3 N–H and O–H groups in total. The molecule has 1 fully saturated rings. The maximum absolute atomic E-state index is 14.7. The van der Waals surface area contributed by atoms with Crippen molar-refractivity contribution in [3.05, 3.63) is 88.1 Å². The number of pyridine rings is 2. The van der Waals surface area contributed by atoms with Crippen LogP contribution in [0.25, 0.3) is 0 Å². The summed E-state index contributed by atoms with van der Waals surface area (Å²) in [6, 6.07) is 3.19. The van der Waals surface area contributed by atoms with Crippen molar-refractivity contribution in [2.75, 3.05) is 19.0 Å². The molecule has 1 aliphatic carbocycles. The second-order valence-corrected chi connectivity index (χ2v) is 11.1. The number of nitrogens with zero attached hydrogens (tertiary/aromatic N) is 3. The average Bonchev–Trinajstić information content (AvgIpc) is 3.52. The lowest BCUT2D eigenvalue weighted by Crippen LogP contribution is -2.60. The number of fused-ring (bicyclic) bond motifs is 3. The van der Waals surface area contributed by atoms with E-state index in [0.29, 0.717) is 39.7 Å². The largest absolute Gasteiger partial charge is 0.406 e. The summed E-state index contributed by atoms with van der Waals surface area (Å²) in [5.74, 6) is -7.38. The zero-order valence-corrected chi connectivity index (χ0v) is 23.9. The maximum Gasteiger partial charge on any atom is 0.406 e. The third kappa shape index (κ3) is 5.60. The predicted octanol–water partition coefficient (Wildman–Crippen LogP) is 3.56. The van der Waals surface area contributed by atoms with Gasteiger partial charge in [0.1, 0.15) is 24.2 Å². The lowest BCUT2D eigenvalue weighted by atomic mass is 9.80. The molecule has 1 spiro atoms. The van der Waals surface area contributed by atoms with Crippen molar-refractivity contribution in [1.29, 1.82) is 0 Å². The minimum Gasteiger partial charge on any atom is -0.400 e. The molecule has 238 valence electrons. The molecular formula is C30H27F6N5O4. The molecule has 0 radical (unpaired) electrons. The lowest BCUT2D eigenvalue weighted by molar-refractivity contribution is -0.170. The Balaban J connectivity index is 0.00000196. The van der Waals surface area contributed by atoms with Gasteiger partial charge in [0.05, 0.1) is 11.0 Å². The van der Waals surface area contributed by atoms with E-state index in [1.54, 1.807) is 18.3 Å². The molecular weight excluding hydrogens is 608 g/mol. The maximum atomic E-state index is 14.7. The number of likely N-dealkylation sites (tertiary alicyclic amines) is 1. The van der Waals surface area contributed by atoms with E-state index in [1.165, 1.54) is 19.2 Å². The van der Waals surface area contributed by atoms with Crippen LogP contribution in [0, 0.1) is 17.5 Å². The molecule has 4 heterocycles. The number of carbonyl (C=O) groups is 3. The summed E-state index contributed by atoms with van der Waals surface area (Å²) < 4.78 is 83.8. The standard InChI is InChI=1S/C29H23F6N5O3.CH4O/c1-13-16(22-18(30)4-5-19(31)23(22)32)8-20(26(42)40(13)12-29(33,34)35)38-25(41)15-7-14-9-28(10-21(14)37-11-15)17-3-2-6-36-24(17)39-27(28)43;1-2/h2-7,11,13,16,20H,8-10,12H2,1H3,(H,38,41)(H,36,39,43);2H,1H3/t13-,16-,20+,28+;/m1./s1. The summed E-state index contributed by atoms with van der Waals surface area (Å²) in [4.78, 5) is 48.4. The van der Waals surface area contributed by atoms with Gasteiger partial charge >= 0.3 is 6.18 Å². The minimum atomic E-state index is -4.86. The molecule has 1 saturated heterocycles. The Morgan fingerprint density at radius 3 is 2.53 bits per heavy atom. The number of benzene rings is 1. The molecule has 3 amide bonds. The minimum absolute atomic E-state index is 0.0333. The molecule has 2 aliphatic heterocycles. The third-order valence-electron chi connectivity index (χ3n) is 8.52. The number of rotatable bonds is 4. The quantitative estimate of drug-likeness (QED) is 0.298. The third-order valence-corrected chi connectivity index (χ3v) is 8.52. The number of aliphatic hydroxyl groups excluding tert-OH is 1. The van der Waals surface area contributed by atoms with Crippen LogP contribution in [0.15, 0.2) is 42.7 Å². The highest BCUT2D eigenvalue weighted by molar-refractivity contribution is 6.06. The topological polar surface area (TPSA) is 125 Å². The fourth-order valence-electron chi connectivity index (χ4n) is 6.43. The highest BCUT2D eigenvalue weighted by Gasteiger charge is 2.52. The first-order valence-corrected chi connectivity index (χ1v) is 13.8. The average molecular weight is 636 g/mol. The first-order valence-electron chi connectivity index (χ1n) is 13.8. The number of anilines is 1. The van der Waals surface area contributed by atoms with E-state index in [-0.39, 0.29) is 24.3 Å². The highest BCUT2D eigenvalue weighted by atomic mass is 19.4. The van der Waals surface area contributed by atoms with E-state index < -0.39 is 77.4 Å². The van der Waals surface area contributed by atoms with Crippen LogP contribution in [0.4, 0.5) is 32.2 Å². The smallest absolute Gasteiger partial charge is 0.400 e. The highest BCUT2D eigenvalue weighted by Crippen LogP contribution is 2.46. The van der Waals surface area contributed by atoms with Gasteiger partial charge in [-0.2, -0.15) is 13.2 Å². The van der Waals surface area contributed by atoms with Crippen molar-refractivity contribution in [3.8, 4) is 0 Å². The molecule has 0 bridgehead atoms. The summed E-state index contributed by atoms with van der Waals surface area (Å²) in [7, 11) is 1.00. The van der Waals surface area contributed by atoms with Gasteiger partial charge in [0.15, 0.2) is 11.6 Å². The van der Waals surface area contributed by atoms with Crippen LogP contribution in [0.5, 0.6) is 0 Å². The summed E-state index contributed by atoms with van der Waals surface area (Å²) in [5.41, 5.74) is 0.0460. The van der Waals surface area contributed by atoms with E-state index in [1.807, 2.05) is 0 Å². The number of aromatic nitrogens is 2. The molecule has 3 aliphatic rings. The Hall–Kier alpha value is -4.53. The first kappa shape index (κ1) is 31.9. The molecule has 0 saturated carbocycles. The summed E-state index contributed by atoms with van der Waals surface area (Å²) in [6.07, 6.45) is -2.11. The second kappa shape index (κ2) is 11.8.